The molecule has 0 bridgehead atoms. The number of rotatable bonds is 8. The monoisotopic (exact) mass is 299 g/mol. The molecule has 0 saturated heterocycles. The van der Waals surface area contributed by atoms with Gasteiger partial charge in [-0.05, 0) is 18.9 Å². The molecule has 0 aliphatic heterocycles. The molecule has 0 fully saturated rings. The molecule has 0 amide bonds. The highest BCUT2D eigenvalue weighted by molar-refractivity contribution is 5.66. The van der Waals surface area contributed by atoms with Gasteiger partial charge in [0.25, 0.3) is 0 Å². The largest absolute Gasteiger partial charge is 0.481 e. The lowest BCUT2D eigenvalue weighted by molar-refractivity contribution is -0.138. The van der Waals surface area contributed by atoms with E-state index >= 15 is 0 Å². The first kappa shape index (κ1) is 18.6. The van der Waals surface area contributed by atoms with Gasteiger partial charge in [0, 0.05) is 19.0 Å². The van der Waals surface area contributed by atoms with Gasteiger partial charge < -0.3 is 20.9 Å². The van der Waals surface area contributed by atoms with Gasteiger partial charge in [-0.3, -0.25) is 9.59 Å². The number of nitrogens with one attached hydrogen (secondary N) is 1. The van der Waals surface area contributed by atoms with Crippen LogP contribution >= 0.6 is 0 Å². The Morgan fingerprint density at radius 3 is 1.86 bits per heavy atom. The van der Waals surface area contributed by atoms with E-state index in [-0.39, 0.29) is 18.7 Å². The van der Waals surface area contributed by atoms with Crippen LogP contribution in [-0.2, 0) is 9.59 Å². The summed E-state index contributed by atoms with van der Waals surface area (Å²) < 4.78 is 0. The first-order valence-electron chi connectivity index (χ1n) is 6.66. The SMILES string of the molecule is Nc1cc[nH]c(=O)n1.O=C(O)CCCCCCCC(=O)O. The van der Waals surface area contributed by atoms with E-state index in [0.717, 1.165) is 19.3 Å². The van der Waals surface area contributed by atoms with Crippen LogP contribution in [0.25, 0.3) is 0 Å². The van der Waals surface area contributed by atoms with Crippen LogP contribution in [0.2, 0.25) is 0 Å². The highest BCUT2D eigenvalue weighted by Crippen LogP contribution is 2.06. The van der Waals surface area contributed by atoms with Crippen molar-refractivity contribution in [3.05, 3.63) is 22.7 Å². The zero-order valence-corrected chi connectivity index (χ0v) is 11.7. The number of carboxylic acids is 2. The van der Waals surface area contributed by atoms with Crippen molar-refractivity contribution in [3.63, 3.8) is 0 Å². The molecular formula is C13H21N3O5. The number of aromatic nitrogens is 2. The topological polar surface area (TPSA) is 146 Å². The predicted molar refractivity (Wildman–Crippen MR) is 76.9 cm³/mol. The zero-order valence-electron chi connectivity index (χ0n) is 11.7. The van der Waals surface area contributed by atoms with Gasteiger partial charge >= 0.3 is 17.6 Å². The Balaban J connectivity index is 0.000000423. The number of H-pyrrole nitrogens is 1. The molecule has 1 heterocycles. The third-order valence-corrected chi connectivity index (χ3v) is 2.47. The van der Waals surface area contributed by atoms with Gasteiger partial charge in [-0.25, -0.2) is 4.79 Å². The number of aliphatic carboxylic acids is 2. The molecule has 0 aliphatic carbocycles. The fraction of sp³-hybridized carbons (Fsp3) is 0.538. The molecule has 1 aromatic heterocycles. The molecule has 0 atom stereocenters. The van der Waals surface area contributed by atoms with Crippen molar-refractivity contribution in [2.24, 2.45) is 0 Å². The van der Waals surface area contributed by atoms with Crippen LogP contribution in [0.3, 0.4) is 0 Å². The lowest BCUT2D eigenvalue weighted by Crippen LogP contribution is -2.10. The second-order valence-electron chi connectivity index (χ2n) is 4.37. The number of unbranched alkanes of at least 4 members (excludes halogenated alkanes) is 4. The van der Waals surface area contributed by atoms with Crippen LogP contribution in [0.5, 0.6) is 0 Å². The van der Waals surface area contributed by atoms with E-state index in [9.17, 15) is 14.4 Å². The number of aromatic amines is 1. The van der Waals surface area contributed by atoms with Crippen molar-refractivity contribution in [1.29, 1.82) is 0 Å². The number of anilines is 1. The number of carboxylic acid groups (broad SMARTS) is 2. The molecule has 0 aromatic carbocycles. The fourth-order valence-corrected chi connectivity index (χ4v) is 1.47. The smallest absolute Gasteiger partial charge is 0.346 e. The van der Waals surface area contributed by atoms with Crippen LogP contribution in [0.1, 0.15) is 44.9 Å². The maximum absolute atomic E-state index is 10.2. The Hall–Kier alpha value is -2.38. The van der Waals surface area contributed by atoms with Crippen LogP contribution in [0, 0.1) is 0 Å². The quantitative estimate of drug-likeness (QED) is 0.528. The lowest BCUT2D eigenvalue weighted by atomic mass is 10.1. The molecule has 0 unspecified atom stereocenters. The summed E-state index contributed by atoms with van der Waals surface area (Å²) in [5, 5.41) is 16.6. The second kappa shape index (κ2) is 11.4. The fourth-order valence-electron chi connectivity index (χ4n) is 1.47. The normalized spacial score (nSPS) is 9.52. The van der Waals surface area contributed by atoms with Crippen molar-refractivity contribution in [2.45, 2.75) is 44.9 Å². The number of carbonyl (C=O) groups is 2. The molecule has 0 spiro atoms. The molecule has 5 N–H and O–H groups in total. The maximum Gasteiger partial charge on any atom is 0.346 e. The zero-order chi connectivity index (χ0) is 16.1. The van der Waals surface area contributed by atoms with Crippen molar-refractivity contribution < 1.29 is 19.8 Å². The molecule has 118 valence electrons. The summed E-state index contributed by atoms with van der Waals surface area (Å²) in [4.78, 5) is 36.1. The molecule has 8 nitrogen and oxygen atoms in total. The van der Waals surface area contributed by atoms with E-state index in [0.29, 0.717) is 12.8 Å². The van der Waals surface area contributed by atoms with E-state index in [2.05, 4.69) is 9.97 Å². The van der Waals surface area contributed by atoms with Gasteiger partial charge in [-0.2, -0.15) is 4.98 Å². The molecule has 8 heteroatoms. The Morgan fingerprint density at radius 1 is 1.05 bits per heavy atom. The Kier molecular flexibility index (Phi) is 10.1. The minimum absolute atomic E-state index is 0.221. The third kappa shape index (κ3) is 13.8. The average molecular weight is 299 g/mol. The standard InChI is InChI=1S/C9H16O4.C4H5N3O/c10-8(11)6-4-2-1-3-5-7-9(12)13;5-3-1-2-6-4(8)7-3/h1-7H2,(H,10,11)(H,12,13);1-2H,(H3,5,6,7,8). The van der Waals surface area contributed by atoms with Gasteiger partial charge in [0.05, 0.1) is 0 Å². The Bertz CT molecular complexity index is 469. The molecule has 0 saturated carbocycles. The Labute approximate surface area is 122 Å². The summed E-state index contributed by atoms with van der Waals surface area (Å²) in [5.41, 5.74) is 4.72. The summed E-state index contributed by atoms with van der Waals surface area (Å²) >= 11 is 0. The number of nitrogen functional groups attached to an aromatic ring is 1. The van der Waals surface area contributed by atoms with E-state index in [1.54, 1.807) is 0 Å². The second-order valence-corrected chi connectivity index (χ2v) is 4.37. The van der Waals surface area contributed by atoms with Crippen molar-refractivity contribution >= 4 is 17.8 Å². The molecule has 21 heavy (non-hydrogen) atoms. The Morgan fingerprint density at radius 2 is 1.52 bits per heavy atom. The minimum Gasteiger partial charge on any atom is -0.481 e. The number of hydrogen-bond donors (Lipinski definition) is 4. The van der Waals surface area contributed by atoms with E-state index < -0.39 is 17.6 Å². The summed E-state index contributed by atoms with van der Waals surface area (Å²) in [6.07, 6.45) is 5.98. The van der Waals surface area contributed by atoms with Crippen molar-refractivity contribution in [2.75, 3.05) is 5.73 Å². The number of nitrogens with two attached hydrogens (primary N) is 1. The average Bonchev–Trinajstić information content (AvgIpc) is 2.37. The molecule has 1 rings (SSSR count). The summed E-state index contributed by atoms with van der Waals surface area (Å²) in [6.45, 7) is 0. The van der Waals surface area contributed by atoms with Gasteiger partial charge in [0.15, 0.2) is 0 Å². The molecule has 1 aromatic rings. The lowest BCUT2D eigenvalue weighted by Gasteiger charge is -1.97. The van der Waals surface area contributed by atoms with Gasteiger partial charge in [-0.1, -0.05) is 19.3 Å². The van der Waals surface area contributed by atoms with Crippen LogP contribution in [0.15, 0.2) is 17.1 Å². The van der Waals surface area contributed by atoms with Crippen molar-refractivity contribution in [1.82, 2.24) is 9.97 Å². The first-order chi connectivity index (χ1) is 9.91. The van der Waals surface area contributed by atoms with E-state index in [1.807, 2.05) is 0 Å². The molecule has 0 radical (unpaired) electrons. The van der Waals surface area contributed by atoms with Crippen LogP contribution < -0.4 is 11.4 Å². The number of hydrogen-bond acceptors (Lipinski definition) is 5. The summed E-state index contributed by atoms with van der Waals surface area (Å²) in [5.74, 6) is -1.27. The van der Waals surface area contributed by atoms with E-state index in [4.69, 9.17) is 15.9 Å². The highest BCUT2D eigenvalue weighted by atomic mass is 16.4. The van der Waals surface area contributed by atoms with E-state index in [1.165, 1.54) is 12.3 Å². The number of nitrogens with zero attached hydrogens (tertiary/aromatic N) is 1. The summed E-state index contributed by atoms with van der Waals surface area (Å²) in [7, 11) is 0. The third-order valence-electron chi connectivity index (χ3n) is 2.47. The predicted octanol–water partition coefficient (Wildman–Crippen LogP) is 1.24. The van der Waals surface area contributed by atoms with Crippen molar-refractivity contribution in [3.8, 4) is 0 Å². The molecule has 0 aliphatic rings. The first-order valence-corrected chi connectivity index (χ1v) is 6.66. The molecular weight excluding hydrogens is 278 g/mol. The van der Waals surface area contributed by atoms with Gasteiger partial charge in [-0.15, -0.1) is 0 Å². The van der Waals surface area contributed by atoms with Crippen LogP contribution in [-0.4, -0.2) is 32.1 Å². The maximum atomic E-state index is 10.2. The minimum atomic E-state index is -0.759. The van der Waals surface area contributed by atoms with Gasteiger partial charge in [0.2, 0.25) is 0 Å². The van der Waals surface area contributed by atoms with Crippen LogP contribution in [0.4, 0.5) is 5.82 Å². The van der Waals surface area contributed by atoms with Gasteiger partial charge in [0.1, 0.15) is 5.82 Å². The summed E-state index contributed by atoms with van der Waals surface area (Å²) in [6, 6.07) is 1.52. The highest BCUT2D eigenvalue weighted by Gasteiger charge is 1.98.